The minimum absolute atomic E-state index is 0.00815. The number of nitrogens with one attached hydrogen (secondary N) is 1. The van der Waals surface area contributed by atoms with Crippen LogP contribution in [-0.4, -0.2) is 41.9 Å². The highest BCUT2D eigenvalue weighted by atomic mass is 16.2. The number of hydrogen-bond donors (Lipinski definition) is 2. The van der Waals surface area contributed by atoms with E-state index in [0.29, 0.717) is 6.54 Å². The van der Waals surface area contributed by atoms with Crippen molar-refractivity contribution in [3.8, 4) is 0 Å². The van der Waals surface area contributed by atoms with E-state index in [2.05, 4.69) is 5.32 Å². The van der Waals surface area contributed by atoms with E-state index in [9.17, 15) is 9.59 Å². The van der Waals surface area contributed by atoms with Gasteiger partial charge < -0.3 is 16.0 Å². The van der Waals surface area contributed by atoms with Crippen LogP contribution in [0.3, 0.4) is 0 Å². The average Bonchev–Trinajstić information content (AvgIpc) is 2.69. The monoisotopic (exact) mass is 239 g/mol. The van der Waals surface area contributed by atoms with E-state index in [-0.39, 0.29) is 29.7 Å². The molecule has 2 amide bonds. The quantitative estimate of drug-likeness (QED) is 0.695. The van der Waals surface area contributed by atoms with Crippen LogP contribution in [0.1, 0.15) is 26.7 Å². The molecule has 96 valence electrons. The lowest BCUT2D eigenvalue weighted by molar-refractivity contribution is -0.138. The summed E-state index contributed by atoms with van der Waals surface area (Å²) in [5.74, 6) is 0.192. The normalized spacial score (nSPS) is 30.1. The molecule has 0 saturated carbocycles. The number of piperidine rings is 1. The molecule has 0 bridgehead atoms. The number of fused-ring (bicyclic) bond motifs is 1. The second-order valence-electron chi connectivity index (χ2n) is 5.36. The van der Waals surface area contributed by atoms with Gasteiger partial charge in [0.25, 0.3) is 0 Å². The summed E-state index contributed by atoms with van der Waals surface area (Å²) < 4.78 is 0. The number of hydrogen-bond acceptors (Lipinski definition) is 3. The fraction of sp³-hybridized carbons (Fsp3) is 0.833. The van der Waals surface area contributed by atoms with Gasteiger partial charge in [0.1, 0.15) is 0 Å². The van der Waals surface area contributed by atoms with Crippen LogP contribution < -0.4 is 11.1 Å². The van der Waals surface area contributed by atoms with Gasteiger partial charge in [-0.05, 0) is 18.8 Å². The van der Waals surface area contributed by atoms with Crippen LogP contribution in [0.2, 0.25) is 0 Å². The van der Waals surface area contributed by atoms with Gasteiger partial charge in [0.05, 0.1) is 18.0 Å². The van der Waals surface area contributed by atoms with Crippen molar-refractivity contribution in [2.75, 3.05) is 13.1 Å². The fourth-order valence-electron chi connectivity index (χ4n) is 2.70. The molecule has 2 aliphatic rings. The summed E-state index contributed by atoms with van der Waals surface area (Å²) in [5.41, 5.74) is 5.91. The summed E-state index contributed by atoms with van der Waals surface area (Å²) in [5, 5.41) is 2.84. The molecule has 5 heteroatoms. The molecule has 3 unspecified atom stereocenters. The molecule has 5 nitrogen and oxygen atoms in total. The van der Waals surface area contributed by atoms with Crippen LogP contribution in [0.4, 0.5) is 0 Å². The van der Waals surface area contributed by atoms with Crippen LogP contribution in [0.5, 0.6) is 0 Å². The fourth-order valence-corrected chi connectivity index (χ4v) is 2.70. The molecule has 2 fully saturated rings. The number of rotatable bonds is 2. The van der Waals surface area contributed by atoms with Crippen molar-refractivity contribution in [3.05, 3.63) is 0 Å². The molecule has 0 aromatic carbocycles. The average molecular weight is 239 g/mol. The lowest BCUT2D eigenvalue weighted by atomic mass is 9.90. The van der Waals surface area contributed by atoms with Crippen molar-refractivity contribution < 1.29 is 9.59 Å². The first-order valence-electron chi connectivity index (χ1n) is 6.36. The van der Waals surface area contributed by atoms with E-state index in [0.717, 1.165) is 19.4 Å². The number of carbonyl (C=O) groups is 2. The molecular weight excluding hydrogens is 218 g/mol. The maximum atomic E-state index is 12.3. The highest BCUT2D eigenvalue weighted by molar-refractivity contribution is 5.86. The molecular formula is C12H21N3O2. The molecule has 3 atom stereocenters. The zero-order valence-corrected chi connectivity index (χ0v) is 10.5. The number of nitrogens with two attached hydrogens (primary N) is 1. The third kappa shape index (κ3) is 2.16. The molecule has 17 heavy (non-hydrogen) atoms. The van der Waals surface area contributed by atoms with Gasteiger partial charge in [-0.15, -0.1) is 0 Å². The minimum atomic E-state index is -0.454. The van der Waals surface area contributed by atoms with Gasteiger partial charge in [-0.1, -0.05) is 13.8 Å². The predicted molar refractivity (Wildman–Crippen MR) is 64.0 cm³/mol. The van der Waals surface area contributed by atoms with Crippen molar-refractivity contribution in [2.45, 2.75) is 38.8 Å². The number of nitrogens with zero attached hydrogens (tertiary/aromatic N) is 1. The third-order valence-electron chi connectivity index (χ3n) is 3.89. The molecule has 0 spiro atoms. The summed E-state index contributed by atoms with van der Waals surface area (Å²) in [6.45, 7) is 5.21. The van der Waals surface area contributed by atoms with E-state index in [4.69, 9.17) is 5.73 Å². The Morgan fingerprint density at radius 1 is 1.53 bits per heavy atom. The van der Waals surface area contributed by atoms with Crippen LogP contribution in [0, 0.1) is 11.8 Å². The van der Waals surface area contributed by atoms with Gasteiger partial charge in [0.15, 0.2) is 0 Å². The first-order chi connectivity index (χ1) is 8.02. The summed E-state index contributed by atoms with van der Waals surface area (Å²) in [6.07, 6.45) is 1.78. The first kappa shape index (κ1) is 12.4. The molecule has 2 saturated heterocycles. The van der Waals surface area contributed by atoms with E-state index >= 15 is 0 Å². The van der Waals surface area contributed by atoms with Gasteiger partial charge in [0, 0.05) is 13.1 Å². The maximum Gasteiger partial charge on any atom is 0.240 e. The summed E-state index contributed by atoms with van der Waals surface area (Å²) in [6, 6.07) is -0.432. The molecule has 2 aliphatic heterocycles. The highest BCUT2D eigenvalue weighted by Crippen LogP contribution is 2.28. The summed E-state index contributed by atoms with van der Waals surface area (Å²) in [7, 11) is 0. The Labute approximate surface area is 102 Å². The Balaban J connectivity index is 2.10. The molecule has 3 N–H and O–H groups in total. The van der Waals surface area contributed by atoms with Crippen molar-refractivity contribution in [2.24, 2.45) is 17.6 Å². The Bertz CT molecular complexity index is 330. The van der Waals surface area contributed by atoms with E-state index in [1.807, 2.05) is 18.7 Å². The molecule has 0 aromatic heterocycles. The maximum absolute atomic E-state index is 12.3. The second kappa shape index (κ2) is 4.64. The van der Waals surface area contributed by atoms with Gasteiger partial charge in [-0.25, -0.2) is 0 Å². The van der Waals surface area contributed by atoms with Crippen LogP contribution >= 0.6 is 0 Å². The van der Waals surface area contributed by atoms with E-state index < -0.39 is 6.04 Å². The number of carbonyl (C=O) groups excluding carboxylic acids is 2. The van der Waals surface area contributed by atoms with E-state index in [1.54, 1.807) is 0 Å². The number of amides is 2. The zero-order valence-electron chi connectivity index (χ0n) is 10.5. The van der Waals surface area contributed by atoms with Gasteiger partial charge in [-0.2, -0.15) is 0 Å². The summed E-state index contributed by atoms with van der Waals surface area (Å²) >= 11 is 0. The topological polar surface area (TPSA) is 75.4 Å². The highest BCUT2D eigenvalue weighted by Gasteiger charge is 2.43. The standard InChI is InChI=1S/C12H21N3O2/c1-7(2)10(13)12(17)15-5-3-4-8-9(15)6-14-11(8)16/h7-10H,3-6,13H2,1-2H3,(H,14,16). The lowest BCUT2D eigenvalue weighted by Crippen LogP contribution is -2.55. The lowest BCUT2D eigenvalue weighted by Gasteiger charge is -2.37. The minimum Gasteiger partial charge on any atom is -0.354 e. The van der Waals surface area contributed by atoms with Crippen molar-refractivity contribution >= 4 is 11.8 Å². The van der Waals surface area contributed by atoms with Crippen LogP contribution in [0.25, 0.3) is 0 Å². The Morgan fingerprint density at radius 2 is 2.24 bits per heavy atom. The Kier molecular flexibility index (Phi) is 3.38. The Morgan fingerprint density at radius 3 is 2.88 bits per heavy atom. The van der Waals surface area contributed by atoms with Gasteiger partial charge in [0.2, 0.25) is 11.8 Å². The smallest absolute Gasteiger partial charge is 0.240 e. The number of likely N-dealkylation sites (tertiary alicyclic amines) is 1. The molecule has 0 radical (unpaired) electrons. The Hall–Kier alpha value is -1.10. The van der Waals surface area contributed by atoms with Crippen molar-refractivity contribution in [1.29, 1.82) is 0 Å². The largest absolute Gasteiger partial charge is 0.354 e. The second-order valence-corrected chi connectivity index (χ2v) is 5.36. The third-order valence-corrected chi connectivity index (χ3v) is 3.89. The molecule has 0 aliphatic carbocycles. The molecule has 2 rings (SSSR count). The summed E-state index contributed by atoms with van der Waals surface area (Å²) in [4.78, 5) is 25.7. The van der Waals surface area contributed by atoms with Crippen LogP contribution in [-0.2, 0) is 9.59 Å². The molecule has 2 heterocycles. The van der Waals surface area contributed by atoms with Crippen molar-refractivity contribution in [3.63, 3.8) is 0 Å². The van der Waals surface area contributed by atoms with E-state index in [1.165, 1.54) is 0 Å². The van der Waals surface area contributed by atoms with Crippen LogP contribution in [0.15, 0.2) is 0 Å². The van der Waals surface area contributed by atoms with Crippen molar-refractivity contribution in [1.82, 2.24) is 10.2 Å². The predicted octanol–water partition coefficient (Wildman–Crippen LogP) is -0.293. The zero-order chi connectivity index (χ0) is 12.6. The van der Waals surface area contributed by atoms with Gasteiger partial charge in [-0.3, -0.25) is 9.59 Å². The first-order valence-corrected chi connectivity index (χ1v) is 6.36. The van der Waals surface area contributed by atoms with Gasteiger partial charge >= 0.3 is 0 Å². The molecule has 0 aromatic rings. The SMILES string of the molecule is CC(C)C(N)C(=O)N1CCCC2C(=O)NCC21.